The summed E-state index contributed by atoms with van der Waals surface area (Å²) in [5.74, 6) is 0.942. The van der Waals surface area contributed by atoms with Crippen molar-refractivity contribution in [2.75, 3.05) is 17.2 Å². The Morgan fingerprint density at radius 1 is 1.32 bits per heavy atom. The van der Waals surface area contributed by atoms with E-state index in [2.05, 4.69) is 37.8 Å². The lowest BCUT2D eigenvalue weighted by atomic mass is 10.1. The Morgan fingerprint density at radius 2 is 2.05 bits per heavy atom. The first-order chi connectivity index (χ1) is 9.15. The van der Waals surface area contributed by atoms with Crippen molar-refractivity contribution >= 4 is 17.4 Å². The first kappa shape index (κ1) is 15.4. The average molecular weight is 273 g/mol. The van der Waals surface area contributed by atoms with Crippen molar-refractivity contribution in [3.05, 3.63) is 23.8 Å². The van der Waals surface area contributed by atoms with Crippen molar-refractivity contribution in [3.63, 3.8) is 0 Å². The van der Waals surface area contributed by atoms with Gasteiger partial charge in [-0.15, -0.1) is 11.8 Å². The van der Waals surface area contributed by atoms with Gasteiger partial charge in [-0.2, -0.15) is 10.5 Å². The van der Waals surface area contributed by atoms with Gasteiger partial charge in [0.15, 0.2) is 0 Å². The third-order valence-corrected chi connectivity index (χ3v) is 3.75. The zero-order valence-corrected chi connectivity index (χ0v) is 12.5. The van der Waals surface area contributed by atoms with E-state index in [-0.39, 0.29) is 6.04 Å². The van der Waals surface area contributed by atoms with Crippen LogP contribution in [0.25, 0.3) is 0 Å². The molecule has 4 heteroatoms. The normalized spacial score (nSPS) is 10.0. The van der Waals surface area contributed by atoms with Gasteiger partial charge in [0.25, 0.3) is 0 Å². The van der Waals surface area contributed by atoms with E-state index >= 15 is 0 Å². The van der Waals surface area contributed by atoms with Gasteiger partial charge in [0, 0.05) is 17.5 Å². The zero-order valence-electron chi connectivity index (χ0n) is 11.7. The van der Waals surface area contributed by atoms with Crippen LogP contribution < -0.4 is 4.90 Å². The second-order valence-corrected chi connectivity index (χ2v) is 5.70. The summed E-state index contributed by atoms with van der Waals surface area (Å²) in [6.45, 7) is 6.90. The summed E-state index contributed by atoms with van der Waals surface area (Å²) in [5, 5.41) is 18.2. The van der Waals surface area contributed by atoms with E-state index in [4.69, 9.17) is 5.26 Å². The van der Waals surface area contributed by atoms with Gasteiger partial charge >= 0.3 is 0 Å². The molecule has 0 saturated heterocycles. The van der Waals surface area contributed by atoms with Crippen LogP contribution in [-0.2, 0) is 0 Å². The standard InChI is InChI=1S/C15H19N3S/c1-4-19-15-8-5-7-14(13(15)11-17)18(12(2)3)10-6-9-16/h5,7-8,12H,4,6,10H2,1-3H3. The predicted octanol–water partition coefficient (Wildman–Crippen LogP) is 3.80. The molecule has 0 aliphatic heterocycles. The fourth-order valence-electron chi connectivity index (χ4n) is 1.97. The number of thioether (sulfide) groups is 1. The topological polar surface area (TPSA) is 50.8 Å². The summed E-state index contributed by atoms with van der Waals surface area (Å²) >= 11 is 1.68. The van der Waals surface area contributed by atoms with E-state index in [9.17, 15) is 5.26 Å². The number of rotatable bonds is 6. The molecule has 0 aliphatic rings. The van der Waals surface area contributed by atoms with E-state index in [0.29, 0.717) is 13.0 Å². The molecule has 0 atom stereocenters. The van der Waals surface area contributed by atoms with E-state index < -0.39 is 0 Å². The Bertz CT molecular complexity index is 497. The summed E-state index contributed by atoms with van der Waals surface area (Å²) in [6, 6.07) is 10.7. The average Bonchev–Trinajstić information content (AvgIpc) is 2.39. The molecular formula is C15H19N3S. The largest absolute Gasteiger partial charge is 0.367 e. The second-order valence-electron chi connectivity index (χ2n) is 4.39. The Balaban J connectivity index is 3.19. The van der Waals surface area contributed by atoms with Gasteiger partial charge in [0.1, 0.15) is 6.07 Å². The summed E-state index contributed by atoms with van der Waals surface area (Å²) in [6.07, 6.45) is 0.466. The Hall–Kier alpha value is -1.65. The third-order valence-electron chi connectivity index (χ3n) is 2.81. The molecule has 1 aromatic rings. The number of hydrogen-bond acceptors (Lipinski definition) is 4. The highest BCUT2D eigenvalue weighted by Crippen LogP contribution is 2.31. The quantitative estimate of drug-likeness (QED) is 0.740. The van der Waals surface area contributed by atoms with Crippen molar-refractivity contribution in [3.8, 4) is 12.1 Å². The smallest absolute Gasteiger partial charge is 0.103 e. The molecule has 3 nitrogen and oxygen atoms in total. The lowest BCUT2D eigenvalue weighted by molar-refractivity contribution is 0.685. The maximum Gasteiger partial charge on any atom is 0.103 e. The van der Waals surface area contributed by atoms with Crippen molar-refractivity contribution in [2.24, 2.45) is 0 Å². The Morgan fingerprint density at radius 3 is 2.58 bits per heavy atom. The lowest BCUT2D eigenvalue weighted by Crippen LogP contribution is -2.32. The minimum absolute atomic E-state index is 0.266. The van der Waals surface area contributed by atoms with Gasteiger partial charge in [0.05, 0.1) is 23.7 Å². The molecule has 0 unspecified atom stereocenters. The van der Waals surface area contributed by atoms with Crippen molar-refractivity contribution in [1.29, 1.82) is 10.5 Å². The van der Waals surface area contributed by atoms with Crippen molar-refractivity contribution in [2.45, 2.75) is 38.1 Å². The highest BCUT2D eigenvalue weighted by molar-refractivity contribution is 7.99. The molecular weight excluding hydrogens is 254 g/mol. The van der Waals surface area contributed by atoms with Crippen LogP contribution in [0, 0.1) is 22.7 Å². The predicted molar refractivity (Wildman–Crippen MR) is 80.3 cm³/mol. The molecule has 0 N–H and O–H groups in total. The number of benzene rings is 1. The molecule has 0 spiro atoms. The van der Waals surface area contributed by atoms with Gasteiger partial charge in [-0.1, -0.05) is 13.0 Å². The molecule has 0 heterocycles. The maximum atomic E-state index is 9.43. The summed E-state index contributed by atoms with van der Waals surface area (Å²) in [5.41, 5.74) is 1.66. The van der Waals surface area contributed by atoms with Crippen molar-refractivity contribution < 1.29 is 0 Å². The molecule has 0 aromatic heterocycles. The SMILES string of the molecule is CCSc1cccc(N(CCC#N)C(C)C)c1C#N. The summed E-state index contributed by atoms with van der Waals surface area (Å²) in [4.78, 5) is 3.15. The van der Waals surface area contributed by atoms with E-state index in [1.54, 1.807) is 11.8 Å². The number of nitriles is 2. The van der Waals surface area contributed by atoms with Crippen LogP contribution in [0.5, 0.6) is 0 Å². The van der Waals surface area contributed by atoms with E-state index in [1.165, 1.54) is 0 Å². The van der Waals surface area contributed by atoms with E-state index in [1.807, 2.05) is 18.2 Å². The molecule has 19 heavy (non-hydrogen) atoms. The highest BCUT2D eigenvalue weighted by Gasteiger charge is 2.16. The minimum atomic E-state index is 0.266. The number of hydrogen-bond donors (Lipinski definition) is 0. The number of anilines is 1. The second kappa shape index (κ2) is 7.71. The van der Waals surface area contributed by atoms with Crippen LogP contribution in [0.15, 0.2) is 23.1 Å². The summed E-state index contributed by atoms with van der Waals surface area (Å²) in [7, 11) is 0. The molecule has 0 radical (unpaired) electrons. The maximum absolute atomic E-state index is 9.43. The molecule has 1 rings (SSSR count). The Labute approximate surface area is 119 Å². The monoisotopic (exact) mass is 273 g/mol. The third kappa shape index (κ3) is 3.91. The minimum Gasteiger partial charge on any atom is -0.367 e. The van der Waals surface area contributed by atoms with E-state index in [0.717, 1.165) is 21.9 Å². The van der Waals surface area contributed by atoms with Gasteiger partial charge in [-0.3, -0.25) is 0 Å². The molecule has 0 amide bonds. The summed E-state index contributed by atoms with van der Waals surface area (Å²) < 4.78 is 0. The highest BCUT2D eigenvalue weighted by atomic mass is 32.2. The molecule has 0 saturated carbocycles. The van der Waals surface area contributed by atoms with Gasteiger partial charge in [0.2, 0.25) is 0 Å². The van der Waals surface area contributed by atoms with Gasteiger partial charge in [-0.05, 0) is 31.7 Å². The van der Waals surface area contributed by atoms with Crippen molar-refractivity contribution in [1.82, 2.24) is 0 Å². The van der Waals surface area contributed by atoms with Crippen LogP contribution in [0.3, 0.4) is 0 Å². The number of nitrogens with zero attached hydrogens (tertiary/aromatic N) is 3. The lowest BCUT2D eigenvalue weighted by Gasteiger charge is -2.29. The first-order valence-electron chi connectivity index (χ1n) is 6.45. The molecule has 0 aliphatic carbocycles. The van der Waals surface area contributed by atoms with Crippen LogP contribution in [0.2, 0.25) is 0 Å². The molecule has 100 valence electrons. The molecule has 0 bridgehead atoms. The van der Waals surface area contributed by atoms with Gasteiger partial charge in [-0.25, -0.2) is 0 Å². The Kier molecular flexibility index (Phi) is 6.25. The van der Waals surface area contributed by atoms with Crippen LogP contribution in [0.4, 0.5) is 5.69 Å². The fraction of sp³-hybridized carbons (Fsp3) is 0.467. The zero-order chi connectivity index (χ0) is 14.3. The van der Waals surface area contributed by atoms with Crippen LogP contribution in [-0.4, -0.2) is 18.3 Å². The molecule has 0 fully saturated rings. The van der Waals surface area contributed by atoms with Crippen LogP contribution >= 0.6 is 11.8 Å². The van der Waals surface area contributed by atoms with Crippen LogP contribution in [0.1, 0.15) is 32.8 Å². The molecule has 1 aromatic carbocycles. The van der Waals surface area contributed by atoms with Gasteiger partial charge < -0.3 is 4.90 Å². The fourth-order valence-corrected chi connectivity index (χ4v) is 2.75. The first-order valence-corrected chi connectivity index (χ1v) is 7.43.